The minimum Gasteiger partial charge on any atom is -0.494 e. The Balaban J connectivity index is 2.41. The van der Waals surface area contributed by atoms with Gasteiger partial charge in [0.15, 0.2) is 6.04 Å². The normalized spacial score (nSPS) is 11.6. The number of amides is 1. The van der Waals surface area contributed by atoms with Crippen LogP contribution in [0.2, 0.25) is 0 Å². The molecule has 0 aliphatic carbocycles. The third-order valence-electron chi connectivity index (χ3n) is 3.04. The first kappa shape index (κ1) is 18.0. The number of carbonyl (C=O) groups is 2. The molecule has 0 aliphatic heterocycles. The molecule has 1 aromatic carbocycles. The predicted octanol–water partition coefficient (Wildman–Crippen LogP) is 1.06. The Kier molecular flexibility index (Phi) is 7.99. The zero-order chi connectivity index (χ0) is 16.4. The number of nitrogens with one attached hydrogen (secondary N) is 1. The fourth-order valence-corrected chi connectivity index (χ4v) is 1.82. The molecule has 1 unspecified atom stereocenters. The van der Waals surface area contributed by atoms with Gasteiger partial charge < -0.3 is 19.9 Å². The molecule has 122 valence electrons. The molecule has 0 saturated carbocycles. The molecule has 22 heavy (non-hydrogen) atoms. The van der Waals surface area contributed by atoms with Crippen molar-refractivity contribution < 1.29 is 24.2 Å². The lowest BCUT2D eigenvalue weighted by atomic mass is 10.1. The summed E-state index contributed by atoms with van der Waals surface area (Å²) in [5, 5.41) is 11.5. The molecule has 2 N–H and O–H groups in total. The molecule has 1 rings (SSSR count). The van der Waals surface area contributed by atoms with Crippen molar-refractivity contribution in [3.63, 3.8) is 0 Å². The zero-order valence-corrected chi connectivity index (χ0v) is 13.0. The highest BCUT2D eigenvalue weighted by Gasteiger charge is 2.19. The van der Waals surface area contributed by atoms with Crippen LogP contribution in [0, 0.1) is 0 Å². The SMILES string of the molecule is CCCOc1ccc(CCC(=O)NC(CO)C(=O)OC)cc1. The fraction of sp³-hybridized carbons (Fsp3) is 0.500. The summed E-state index contributed by atoms with van der Waals surface area (Å²) >= 11 is 0. The predicted molar refractivity (Wildman–Crippen MR) is 81.6 cm³/mol. The first-order valence-electron chi connectivity index (χ1n) is 7.30. The largest absolute Gasteiger partial charge is 0.494 e. The van der Waals surface area contributed by atoms with Gasteiger partial charge in [-0.15, -0.1) is 0 Å². The maximum atomic E-state index is 11.8. The zero-order valence-electron chi connectivity index (χ0n) is 13.0. The molecule has 0 saturated heterocycles. The molecule has 0 heterocycles. The summed E-state index contributed by atoms with van der Waals surface area (Å²) in [5.74, 6) is -0.162. The number of esters is 1. The van der Waals surface area contributed by atoms with Crippen molar-refractivity contribution in [1.29, 1.82) is 0 Å². The maximum Gasteiger partial charge on any atom is 0.330 e. The summed E-state index contributed by atoms with van der Waals surface area (Å²) in [6.07, 6.45) is 1.72. The third-order valence-corrected chi connectivity index (χ3v) is 3.04. The second-order valence-electron chi connectivity index (χ2n) is 4.82. The number of aliphatic hydroxyl groups is 1. The molecule has 0 aliphatic rings. The Labute approximate surface area is 130 Å². The van der Waals surface area contributed by atoms with Crippen molar-refractivity contribution >= 4 is 11.9 Å². The van der Waals surface area contributed by atoms with Gasteiger partial charge in [-0.25, -0.2) is 4.79 Å². The van der Waals surface area contributed by atoms with Crippen LogP contribution in [0.15, 0.2) is 24.3 Å². The molecular formula is C16H23NO5. The molecule has 6 nitrogen and oxygen atoms in total. The first-order chi connectivity index (χ1) is 10.6. The third kappa shape index (κ3) is 6.13. The highest BCUT2D eigenvalue weighted by molar-refractivity contribution is 5.84. The number of hydrogen-bond donors (Lipinski definition) is 2. The molecule has 0 spiro atoms. The summed E-state index contributed by atoms with van der Waals surface area (Å²) in [6, 6.07) is 6.54. The number of methoxy groups -OCH3 is 1. The van der Waals surface area contributed by atoms with Crippen LogP contribution < -0.4 is 10.1 Å². The quantitative estimate of drug-likeness (QED) is 0.666. The lowest BCUT2D eigenvalue weighted by Gasteiger charge is -2.13. The summed E-state index contributed by atoms with van der Waals surface area (Å²) in [4.78, 5) is 23.0. The van der Waals surface area contributed by atoms with E-state index in [2.05, 4.69) is 10.1 Å². The summed E-state index contributed by atoms with van der Waals surface area (Å²) < 4.78 is 9.97. The van der Waals surface area contributed by atoms with Gasteiger partial charge in [0.1, 0.15) is 5.75 Å². The highest BCUT2D eigenvalue weighted by Crippen LogP contribution is 2.13. The van der Waals surface area contributed by atoms with E-state index in [0.717, 1.165) is 17.7 Å². The molecule has 0 fully saturated rings. The Morgan fingerprint density at radius 2 is 1.95 bits per heavy atom. The van der Waals surface area contributed by atoms with E-state index in [1.165, 1.54) is 7.11 Å². The smallest absolute Gasteiger partial charge is 0.330 e. The topological polar surface area (TPSA) is 84.9 Å². The number of aryl methyl sites for hydroxylation is 1. The van der Waals surface area contributed by atoms with E-state index >= 15 is 0 Å². The van der Waals surface area contributed by atoms with Crippen LogP contribution >= 0.6 is 0 Å². The van der Waals surface area contributed by atoms with E-state index in [1.54, 1.807) is 0 Å². The van der Waals surface area contributed by atoms with Crippen molar-refractivity contribution in [2.45, 2.75) is 32.2 Å². The fourth-order valence-electron chi connectivity index (χ4n) is 1.82. The van der Waals surface area contributed by atoms with Gasteiger partial charge >= 0.3 is 5.97 Å². The van der Waals surface area contributed by atoms with Crippen molar-refractivity contribution in [2.75, 3.05) is 20.3 Å². The number of ether oxygens (including phenoxy) is 2. The number of hydrogen-bond acceptors (Lipinski definition) is 5. The molecular weight excluding hydrogens is 286 g/mol. The van der Waals surface area contributed by atoms with Crippen LogP contribution in [-0.2, 0) is 20.7 Å². The van der Waals surface area contributed by atoms with Crippen LogP contribution in [0.1, 0.15) is 25.3 Å². The van der Waals surface area contributed by atoms with E-state index in [9.17, 15) is 9.59 Å². The molecule has 1 atom stereocenters. The van der Waals surface area contributed by atoms with Gasteiger partial charge in [0.25, 0.3) is 0 Å². The van der Waals surface area contributed by atoms with Gasteiger partial charge in [-0.3, -0.25) is 4.79 Å². The second-order valence-corrected chi connectivity index (χ2v) is 4.82. The molecule has 6 heteroatoms. The summed E-state index contributed by atoms with van der Waals surface area (Å²) in [7, 11) is 1.21. The molecule has 0 bridgehead atoms. The lowest BCUT2D eigenvalue weighted by Crippen LogP contribution is -2.44. The van der Waals surface area contributed by atoms with Crippen LogP contribution in [0.3, 0.4) is 0 Å². The molecule has 1 aromatic rings. The van der Waals surface area contributed by atoms with E-state index in [1.807, 2.05) is 31.2 Å². The molecule has 1 amide bonds. The van der Waals surface area contributed by atoms with Gasteiger partial charge in [-0.05, 0) is 30.5 Å². The van der Waals surface area contributed by atoms with Crippen LogP contribution in [0.4, 0.5) is 0 Å². The van der Waals surface area contributed by atoms with Gasteiger partial charge in [-0.2, -0.15) is 0 Å². The number of benzene rings is 1. The van der Waals surface area contributed by atoms with E-state index in [-0.39, 0.29) is 12.3 Å². The van der Waals surface area contributed by atoms with Crippen molar-refractivity contribution in [2.24, 2.45) is 0 Å². The number of aliphatic hydroxyl groups excluding tert-OH is 1. The van der Waals surface area contributed by atoms with Crippen LogP contribution in [0.25, 0.3) is 0 Å². The number of carbonyl (C=O) groups excluding carboxylic acids is 2. The summed E-state index contributed by atoms with van der Waals surface area (Å²) in [6.45, 7) is 2.24. The standard InChI is InChI=1S/C16H23NO5/c1-3-10-22-13-7-4-12(5-8-13)6-9-15(19)17-14(11-18)16(20)21-2/h4-5,7-8,14,18H,3,6,9-11H2,1-2H3,(H,17,19). The van der Waals surface area contributed by atoms with Gasteiger partial charge in [0.05, 0.1) is 20.3 Å². The lowest BCUT2D eigenvalue weighted by molar-refractivity contribution is -0.146. The van der Waals surface area contributed by atoms with Gasteiger partial charge in [0, 0.05) is 6.42 Å². The van der Waals surface area contributed by atoms with Gasteiger partial charge in [0.2, 0.25) is 5.91 Å². The minimum atomic E-state index is -1.01. The summed E-state index contributed by atoms with van der Waals surface area (Å²) in [5.41, 5.74) is 0.998. The average molecular weight is 309 g/mol. The van der Waals surface area contributed by atoms with E-state index in [0.29, 0.717) is 13.0 Å². The monoisotopic (exact) mass is 309 g/mol. The first-order valence-corrected chi connectivity index (χ1v) is 7.30. The van der Waals surface area contributed by atoms with Gasteiger partial charge in [-0.1, -0.05) is 19.1 Å². The number of rotatable bonds is 9. The molecule has 0 aromatic heterocycles. The second kappa shape index (κ2) is 9.78. The van der Waals surface area contributed by atoms with Crippen molar-refractivity contribution in [1.82, 2.24) is 5.32 Å². The van der Waals surface area contributed by atoms with Crippen LogP contribution in [0.5, 0.6) is 5.75 Å². The van der Waals surface area contributed by atoms with E-state index < -0.39 is 18.6 Å². The maximum absolute atomic E-state index is 11.8. The average Bonchev–Trinajstić information content (AvgIpc) is 2.56. The van der Waals surface area contributed by atoms with E-state index in [4.69, 9.17) is 9.84 Å². The van der Waals surface area contributed by atoms with Crippen molar-refractivity contribution in [3.8, 4) is 5.75 Å². The molecule has 0 radical (unpaired) electrons. The Morgan fingerprint density at radius 3 is 2.50 bits per heavy atom. The minimum absolute atomic E-state index is 0.225. The Hall–Kier alpha value is -2.08. The van der Waals surface area contributed by atoms with Crippen molar-refractivity contribution in [3.05, 3.63) is 29.8 Å². The Bertz CT molecular complexity index is 472. The highest BCUT2D eigenvalue weighted by atomic mass is 16.5. The Morgan fingerprint density at radius 1 is 1.27 bits per heavy atom. The van der Waals surface area contributed by atoms with Crippen LogP contribution in [-0.4, -0.2) is 43.3 Å².